The molecule has 5 heteroatoms. The van der Waals surface area contributed by atoms with Crippen LogP contribution in [0, 0.1) is 13.8 Å². The van der Waals surface area contributed by atoms with Crippen LogP contribution < -0.4 is 5.73 Å². The molecule has 0 aromatic carbocycles. The molecule has 0 aliphatic rings. The van der Waals surface area contributed by atoms with Gasteiger partial charge >= 0.3 is 0 Å². The van der Waals surface area contributed by atoms with E-state index in [0.717, 1.165) is 48.5 Å². The lowest BCUT2D eigenvalue weighted by molar-refractivity contribution is -0.00452. The molecular weight excluding hydrogens is 264 g/mol. The molecule has 0 radical (unpaired) electrons. The summed E-state index contributed by atoms with van der Waals surface area (Å²) in [6.07, 6.45) is 2.97. The molecule has 0 saturated carbocycles. The molecule has 2 rings (SSSR count). The van der Waals surface area contributed by atoms with Crippen LogP contribution in [0.5, 0.6) is 0 Å². The minimum absolute atomic E-state index is 0.0675. The number of nitrogen functional groups attached to an aromatic ring is 1. The van der Waals surface area contributed by atoms with Gasteiger partial charge < -0.3 is 10.5 Å². The van der Waals surface area contributed by atoms with Crippen LogP contribution in [0.15, 0.2) is 6.07 Å². The minimum Gasteiger partial charge on any atom is -0.383 e. The van der Waals surface area contributed by atoms with Crippen molar-refractivity contribution < 1.29 is 4.74 Å². The zero-order chi connectivity index (χ0) is 15.6. The number of hydrogen-bond acceptors (Lipinski definition) is 4. The SMILES string of the molecule is Cc1cc2nc(C)c(CCCCOC(C)(C)C)c(N)n2n1. The third-order valence-corrected chi connectivity index (χ3v) is 3.43. The highest BCUT2D eigenvalue weighted by Gasteiger charge is 2.12. The molecule has 0 amide bonds. The van der Waals surface area contributed by atoms with Gasteiger partial charge in [-0.05, 0) is 53.9 Å². The summed E-state index contributed by atoms with van der Waals surface area (Å²) in [6.45, 7) is 11.0. The fourth-order valence-electron chi connectivity index (χ4n) is 2.39. The molecule has 2 aromatic heterocycles. The second-order valence-corrected chi connectivity index (χ2v) is 6.53. The summed E-state index contributed by atoms with van der Waals surface area (Å²) in [6, 6.07) is 1.95. The van der Waals surface area contributed by atoms with E-state index in [9.17, 15) is 0 Å². The second-order valence-electron chi connectivity index (χ2n) is 6.53. The van der Waals surface area contributed by atoms with Crippen molar-refractivity contribution in [3.05, 3.63) is 23.0 Å². The summed E-state index contributed by atoms with van der Waals surface area (Å²) >= 11 is 0. The number of hydrogen-bond donors (Lipinski definition) is 1. The van der Waals surface area contributed by atoms with Crippen LogP contribution in [-0.4, -0.2) is 26.8 Å². The Morgan fingerprint density at radius 1 is 1.24 bits per heavy atom. The number of anilines is 1. The molecule has 2 aromatic rings. The van der Waals surface area contributed by atoms with E-state index in [0.29, 0.717) is 5.82 Å². The van der Waals surface area contributed by atoms with Crippen LogP contribution in [0.3, 0.4) is 0 Å². The Bertz CT molecular complexity index is 625. The average molecular weight is 290 g/mol. The maximum Gasteiger partial charge on any atom is 0.157 e. The third kappa shape index (κ3) is 3.94. The first kappa shape index (κ1) is 15.8. The van der Waals surface area contributed by atoms with E-state index in [1.165, 1.54) is 0 Å². The van der Waals surface area contributed by atoms with E-state index in [-0.39, 0.29) is 5.60 Å². The molecule has 21 heavy (non-hydrogen) atoms. The Hall–Kier alpha value is -1.62. The largest absolute Gasteiger partial charge is 0.383 e. The Morgan fingerprint density at radius 2 is 1.95 bits per heavy atom. The number of fused-ring (bicyclic) bond motifs is 1. The Balaban J connectivity index is 2.02. The highest BCUT2D eigenvalue weighted by molar-refractivity contribution is 5.53. The molecule has 0 saturated heterocycles. The fraction of sp³-hybridized carbons (Fsp3) is 0.625. The molecule has 0 spiro atoms. The maximum absolute atomic E-state index is 6.25. The molecule has 0 atom stereocenters. The van der Waals surface area contributed by atoms with Gasteiger partial charge in [0.15, 0.2) is 5.65 Å². The monoisotopic (exact) mass is 290 g/mol. The molecule has 0 aliphatic carbocycles. The first-order valence-electron chi connectivity index (χ1n) is 7.53. The van der Waals surface area contributed by atoms with Crippen molar-refractivity contribution >= 4 is 11.5 Å². The minimum atomic E-state index is -0.0675. The lowest BCUT2D eigenvalue weighted by Gasteiger charge is -2.19. The van der Waals surface area contributed by atoms with Crippen LogP contribution in [-0.2, 0) is 11.2 Å². The highest BCUT2D eigenvalue weighted by Crippen LogP contribution is 2.20. The highest BCUT2D eigenvalue weighted by atomic mass is 16.5. The second kappa shape index (κ2) is 6.02. The summed E-state index contributed by atoms with van der Waals surface area (Å²) in [5, 5.41) is 4.40. The van der Waals surface area contributed by atoms with Crippen LogP contribution in [0.25, 0.3) is 5.65 Å². The van der Waals surface area contributed by atoms with Crippen molar-refractivity contribution in [1.82, 2.24) is 14.6 Å². The Labute approximate surface area is 126 Å². The summed E-state index contributed by atoms with van der Waals surface area (Å²) in [7, 11) is 0. The molecule has 0 bridgehead atoms. The number of nitrogens with zero attached hydrogens (tertiary/aromatic N) is 3. The molecule has 2 heterocycles. The van der Waals surface area contributed by atoms with Crippen molar-refractivity contribution in [1.29, 1.82) is 0 Å². The molecule has 0 unspecified atom stereocenters. The summed E-state index contributed by atoms with van der Waals surface area (Å²) in [5.41, 5.74) is 10.0. The third-order valence-electron chi connectivity index (χ3n) is 3.43. The number of aryl methyl sites for hydroxylation is 2. The van der Waals surface area contributed by atoms with E-state index in [1.54, 1.807) is 4.52 Å². The maximum atomic E-state index is 6.25. The Morgan fingerprint density at radius 3 is 2.62 bits per heavy atom. The van der Waals surface area contributed by atoms with E-state index in [2.05, 4.69) is 30.9 Å². The lowest BCUT2D eigenvalue weighted by Crippen LogP contribution is -2.19. The predicted octanol–water partition coefficient (Wildman–Crippen LogP) is 3.07. The molecule has 2 N–H and O–H groups in total. The summed E-state index contributed by atoms with van der Waals surface area (Å²) in [4.78, 5) is 4.58. The Kier molecular flexibility index (Phi) is 4.52. The number of nitrogens with two attached hydrogens (primary N) is 1. The zero-order valence-corrected chi connectivity index (χ0v) is 13.7. The number of unbranched alkanes of at least 4 members (excludes halogenated alkanes) is 1. The van der Waals surface area contributed by atoms with Crippen LogP contribution in [0.4, 0.5) is 5.82 Å². The van der Waals surface area contributed by atoms with E-state index in [1.807, 2.05) is 19.9 Å². The first-order valence-corrected chi connectivity index (χ1v) is 7.53. The van der Waals surface area contributed by atoms with Gasteiger partial charge in [0.05, 0.1) is 11.3 Å². The smallest absolute Gasteiger partial charge is 0.157 e. The van der Waals surface area contributed by atoms with Gasteiger partial charge in [0, 0.05) is 23.9 Å². The zero-order valence-electron chi connectivity index (χ0n) is 13.7. The molecular formula is C16H26N4O. The quantitative estimate of drug-likeness (QED) is 0.859. The van der Waals surface area contributed by atoms with E-state index >= 15 is 0 Å². The first-order chi connectivity index (χ1) is 9.78. The van der Waals surface area contributed by atoms with Gasteiger partial charge in [-0.25, -0.2) is 4.98 Å². The molecule has 116 valence electrons. The van der Waals surface area contributed by atoms with Gasteiger partial charge in [-0.2, -0.15) is 9.61 Å². The standard InChI is InChI=1S/C16H26N4O/c1-11-10-14-18-12(2)13(15(17)20(14)19-11)8-6-7-9-21-16(3,4)5/h10H,6-9,17H2,1-5H3. The van der Waals surface area contributed by atoms with Gasteiger partial charge in [-0.1, -0.05) is 0 Å². The van der Waals surface area contributed by atoms with Crippen molar-refractivity contribution in [3.63, 3.8) is 0 Å². The lowest BCUT2D eigenvalue weighted by atomic mass is 10.1. The van der Waals surface area contributed by atoms with Gasteiger partial charge in [0.2, 0.25) is 0 Å². The predicted molar refractivity (Wildman–Crippen MR) is 85.5 cm³/mol. The van der Waals surface area contributed by atoms with Crippen LogP contribution >= 0.6 is 0 Å². The molecule has 0 fully saturated rings. The van der Waals surface area contributed by atoms with Gasteiger partial charge in [-0.15, -0.1) is 0 Å². The summed E-state index contributed by atoms with van der Waals surface area (Å²) in [5.74, 6) is 0.710. The average Bonchev–Trinajstić information content (AvgIpc) is 2.72. The van der Waals surface area contributed by atoms with Crippen LogP contribution in [0.1, 0.15) is 50.6 Å². The number of aromatic nitrogens is 3. The van der Waals surface area contributed by atoms with E-state index in [4.69, 9.17) is 10.5 Å². The van der Waals surface area contributed by atoms with Gasteiger partial charge in [0.25, 0.3) is 0 Å². The van der Waals surface area contributed by atoms with Crippen molar-refractivity contribution in [2.45, 2.75) is 59.5 Å². The van der Waals surface area contributed by atoms with Crippen molar-refractivity contribution in [3.8, 4) is 0 Å². The topological polar surface area (TPSA) is 65.4 Å². The van der Waals surface area contributed by atoms with Crippen molar-refractivity contribution in [2.75, 3.05) is 12.3 Å². The van der Waals surface area contributed by atoms with Crippen molar-refractivity contribution in [2.24, 2.45) is 0 Å². The number of rotatable bonds is 5. The fourth-order valence-corrected chi connectivity index (χ4v) is 2.39. The molecule has 0 aliphatic heterocycles. The number of ether oxygens (including phenoxy) is 1. The van der Waals surface area contributed by atoms with Gasteiger partial charge in [0.1, 0.15) is 5.82 Å². The normalized spacial score (nSPS) is 12.2. The summed E-state index contributed by atoms with van der Waals surface area (Å²) < 4.78 is 7.48. The van der Waals surface area contributed by atoms with E-state index < -0.39 is 0 Å². The molecule has 5 nitrogen and oxygen atoms in total. The van der Waals surface area contributed by atoms with Gasteiger partial charge in [-0.3, -0.25) is 0 Å². The van der Waals surface area contributed by atoms with Crippen LogP contribution in [0.2, 0.25) is 0 Å².